The van der Waals surface area contributed by atoms with Crippen LogP contribution in [0.2, 0.25) is 0 Å². The number of rotatable bonds is 4. The number of amides is 1. The van der Waals surface area contributed by atoms with Crippen molar-refractivity contribution < 1.29 is 19.0 Å². The Balaban J connectivity index is 1.30. The molecule has 0 unspecified atom stereocenters. The van der Waals surface area contributed by atoms with Gasteiger partial charge in [0.1, 0.15) is 0 Å². The summed E-state index contributed by atoms with van der Waals surface area (Å²) in [5.74, 6) is 0.233. The molecule has 0 atom stereocenters. The second kappa shape index (κ2) is 7.20. The fourth-order valence-corrected chi connectivity index (χ4v) is 4.67. The minimum absolute atomic E-state index is 0.0720. The molecule has 1 saturated heterocycles. The second-order valence-corrected chi connectivity index (χ2v) is 8.06. The van der Waals surface area contributed by atoms with Gasteiger partial charge >= 0.3 is 6.09 Å². The molecule has 0 bridgehead atoms. The number of hydrogen-bond donors (Lipinski definition) is 0. The molecular weight excluding hydrogens is 306 g/mol. The predicted molar refractivity (Wildman–Crippen MR) is 89.7 cm³/mol. The van der Waals surface area contributed by atoms with Gasteiger partial charge in [0.25, 0.3) is 0 Å². The van der Waals surface area contributed by atoms with Gasteiger partial charge in [-0.25, -0.2) is 4.79 Å². The van der Waals surface area contributed by atoms with E-state index in [9.17, 15) is 4.79 Å². The number of nitrogens with zero attached hydrogens (tertiary/aromatic N) is 1. The molecule has 4 fully saturated rings. The van der Waals surface area contributed by atoms with Crippen molar-refractivity contribution in [1.29, 1.82) is 0 Å². The molecule has 0 aromatic heterocycles. The van der Waals surface area contributed by atoms with E-state index in [4.69, 9.17) is 14.2 Å². The second-order valence-electron chi connectivity index (χ2n) is 8.06. The van der Waals surface area contributed by atoms with Crippen molar-refractivity contribution in [3.63, 3.8) is 0 Å². The van der Waals surface area contributed by atoms with Crippen LogP contribution in [0.4, 0.5) is 4.79 Å². The fourth-order valence-electron chi connectivity index (χ4n) is 4.67. The molecule has 0 aromatic carbocycles. The summed E-state index contributed by atoms with van der Waals surface area (Å²) in [4.78, 5) is 14.8. The summed E-state index contributed by atoms with van der Waals surface area (Å²) >= 11 is 0. The van der Waals surface area contributed by atoms with Crippen LogP contribution in [0.5, 0.6) is 0 Å². The van der Waals surface area contributed by atoms with E-state index in [0.29, 0.717) is 37.8 Å². The third-order valence-corrected chi connectivity index (χ3v) is 6.24. The van der Waals surface area contributed by atoms with Crippen molar-refractivity contribution in [3.05, 3.63) is 0 Å². The van der Waals surface area contributed by atoms with Crippen LogP contribution in [0.3, 0.4) is 0 Å². The van der Waals surface area contributed by atoms with Crippen LogP contribution in [0.1, 0.15) is 70.6 Å². The molecule has 5 heteroatoms. The molecule has 136 valence electrons. The molecule has 24 heavy (non-hydrogen) atoms. The molecule has 1 heterocycles. The zero-order chi connectivity index (χ0) is 16.4. The minimum atomic E-state index is -0.349. The summed E-state index contributed by atoms with van der Waals surface area (Å²) < 4.78 is 17.4. The lowest BCUT2D eigenvalue weighted by Crippen LogP contribution is -2.48. The van der Waals surface area contributed by atoms with Gasteiger partial charge in [-0.1, -0.05) is 19.3 Å². The van der Waals surface area contributed by atoms with Crippen molar-refractivity contribution in [2.75, 3.05) is 19.8 Å². The van der Waals surface area contributed by atoms with Crippen LogP contribution in [0, 0.1) is 5.92 Å². The Kier molecular flexibility index (Phi) is 5.00. The van der Waals surface area contributed by atoms with Crippen molar-refractivity contribution >= 4 is 6.09 Å². The van der Waals surface area contributed by atoms with Gasteiger partial charge in [-0.15, -0.1) is 0 Å². The summed E-state index contributed by atoms with van der Waals surface area (Å²) in [6, 6.07) is 0.711. The van der Waals surface area contributed by atoms with E-state index in [-0.39, 0.29) is 11.9 Å². The van der Waals surface area contributed by atoms with E-state index in [1.807, 2.05) is 0 Å². The van der Waals surface area contributed by atoms with Crippen LogP contribution in [0.25, 0.3) is 0 Å². The zero-order valence-corrected chi connectivity index (χ0v) is 14.7. The zero-order valence-electron chi connectivity index (χ0n) is 14.7. The minimum Gasteiger partial charge on any atom is -0.449 e. The van der Waals surface area contributed by atoms with Crippen molar-refractivity contribution in [2.45, 2.75) is 88.5 Å². The van der Waals surface area contributed by atoms with Crippen molar-refractivity contribution in [1.82, 2.24) is 4.90 Å². The Hall–Kier alpha value is -0.810. The maximum absolute atomic E-state index is 12.7. The molecule has 1 aliphatic heterocycles. The van der Waals surface area contributed by atoms with Crippen LogP contribution in [0.15, 0.2) is 0 Å². The highest BCUT2D eigenvalue weighted by atomic mass is 16.7. The van der Waals surface area contributed by atoms with Gasteiger partial charge < -0.3 is 19.1 Å². The van der Waals surface area contributed by atoms with Gasteiger partial charge in [0, 0.05) is 24.9 Å². The lowest BCUT2D eigenvalue weighted by Gasteiger charge is -2.40. The third-order valence-electron chi connectivity index (χ3n) is 6.24. The van der Waals surface area contributed by atoms with E-state index < -0.39 is 0 Å². The molecule has 0 aromatic rings. The quantitative estimate of drug-likeness (QED) is 0.782. The summed E-state index contributed by atoms with van der Waals surface area (Å²) in [5, 5.41) is 0. The monoisotopic (exact) mass is 337 g/mol. The van der Waals surface area contributed by atoms with Gasteiger partial charge in [0.2, 0.25) is 0 Å². The van der Waals surface area contributed by atoms with E-state index in [1.165, 1.54) is 32.1 Å². The van der Waals surface area contributed by atoms with Crippen LogP contribution in [-0.4, -0.2) is 48.7 Å². The maximum atomic E-state index is 12.7. The standard InChI is InChI=1S/C19H31NO4/c21-18(22-14-15-4-2-1-3-5-15)20(16-6-7-16)17-8-10-19(11-9-17)23-12-13-24-19/h15-17H,1-14H2. The molecule has 4 aliphatic rings. The van der Waals surface area contributed by atoms with E-state index in [1.54, 1.807) is 0 Å². The van der Waals surface area contributed by atoms with Gasteiger partial charge in [-0.3, -0.25) is 0 Å². The molecule has 3 aliphatic carbocycles. The highest BCUT2D eigenvalue weighted by Crippen LogP contribution is 2.40. The van der Waals surface area contributed by atoms with Gasteiger partial charge in [0.05, 0.1) is 19.8 Å². The van der Waals surface area contributed by atoms with E-state index in [0.717, 1.165) is 38.5 Å². The van der Waals surface area contributed by atoms with Crippen LogP contribution in [-0.2, 0) is 14.2 Å². The van der Waals surface area contributed by atoms with Gasteiger partial charge in [-0.05, 0) is 44.4 Å². The molecule has 5 nitrogen and oxygen atoms in total. The number of carbonyl (C=O) groups excluding carboxylic acids is 1. The Morgan fingerprint density at radius 2 is 1.54 bits per heavy atom. The highest BCUT2D eigenvalue weighted by molar-refractivity contribution is 5.69. The molecule has 0 radical (unpaired) electrons. The first-order valence-corrected chi connectivity index (χ1v) is 9.99. The predicted octanol–water partition coefficient (Wildman–Crippen LogP) is 3.85. The van der Waals surface area contributed by atoms with Crippen LogP contribution < -0.4 is 0 Å². The first kappa shape index (κ1) is 16.6. The van der Waals surface area contributed by atoms with Gasteiger partial charge in [0.15, 0.2) is 5.79 Å². The summed E-state index contributed by atoms with van der Waals surface area (Å²) in [6.45, 7) is 2.03. The number of hydrogen-bond acceptors (Lipinski definition) is 4. The lowest BCUT2D eigenvalue weighted by molar-refractivity contribution is -0.183. The molecule has 0 N–H and O–H groups in total. The Morgan fingerprint density at radius 1 is 0.917 bits per heavy atom. The topological polar surface area (TPSA) is 48.0 Å². The Bertz CT molecular complexity index is 429. The molecule has 1 amide bonds. The Labute approximate surface area is 145 Å². The summed E-state index contributed by atoms with van der Waals surface area (Å²) in [5.41, 5.74) is 0. The van der Waals surface area contributed by atoms with Crippen molar-refractivity contribution in [3.8, 4) is 0 Å². The lowest BCUT2D eigenvalue weighted by atomic mass is 9.89. The van der Waals surface area contributed by atoms with Crippen LogP contribution >= 0.6 is 0 Å². The summed E-state index contributed by atoms with van der Waals surface area (Å²) in [7, 11) is 0. The first-order chi connectivity index (χ1) is 11.8. The molecule has 1 spiro atoms. The SMILES string of the molecule is O=C(OCC1CCCCC1)N(C1CC1)C1CCC2(CC1)OCCO2. The van der Waals surface area contributed by atoms with E-state index in [2.05, 4.69) is 4.90 Å². The molecule has 3 saturated carbocycles. The van der Waals surface area contributed by atoms with Gasteiger partial charge in [-0.2, -0.15) is 0 Å². The summed E-state index contributed by atoms with van der Waals surface area (Å²) in [6.07, 6.45) is 12.3. The molecule has 4 rings (SSSR count). The third kappa shape index (κ3) is 3.72. The maximum Gasteiger partial charge on any atom is 0.410 e. The normalized spacial score (nSPS) is 28.2. The highest BCUT2D eigenvalue weighted by Gasteiger charge is 2.45. The average Bonchev–Trinajstić information content (AvgIpc) is 3.35. The largest absolute Gasteiger partial charge is 0.449 e. The van der Waals surface area contributed by atoms with Crippen molar-refractivity contribution in [2.24, 2.45) is 5.92 Å². The average molecular weight is 337 g/mol. The number of carbonyl (C=O) groups is 1. The first-order valence-electron chi connectivity index (χ1n) is 9.99. The van der Waals surface area contributed by atoms with E-state index >= 15 is 0 Å². The number of ether oxygens (including phenoxy) is 3. The Morgan fingerprint density at radius 3 is 2.17 bits per heavy atom. The smallest absolute Gasteiger partial charge is 0.410 e. The molecular formula is C19H31NO4. The fraction of sp³-hybridized carbons (Fsp3) is 0.947.